The monoisotopic (exact) mass is 552 g/mol. The first-order valence-corrected chi connectivity index (χ1v) is 15.6. The van der Waals surface area contributed by atoms with Crippen molar-refractivity contribution in [3.8, 4) is 0 Å². The second kappa shape index (κ2) is 13.4. The number of nitrogens with one attached hydrogen (secondary N) is 1. The molecule has 2 aliphatic heterocycles. The van der Waals surface area contributed by atoms with Crippen LogP contribution in [-0.4, -0.2) is 72.6 Å². The zero-order valence-corrected chi connectivity index (χ0v) is 24.0. The van der Waals surface area contributed by atoms with Gasteiger partial charge in [-0.05, 0) is 86.4 Å². The summed E-state index contributed by atoms with van der Waals surface area (Å²) in [6.07, 6.45) is 7.56. The lowest BCUT2D eigenvalue weighted by Crippen LogP contribution is -2.47. The molecule has 1 aromatic heterocycles. The van der Waals surface area contributed by atoms with Gasteiger partial charge in [-0.25, -0.2) is 0 Å². The topological polar surface area (TPSA) is 87.9 Å². The molecular formula is C31H44N4O3S. The Balaban J connectivity index is 1.33. The van der Waals surface area contributed by atoms with Gasteiger partial charge in [0, 0.05) is 38.8 Å². The van der Waals surface area contributed by atoms with Gasteiger partial charge in [0.15, 0.2) is 0 Å². The van der Waals surface area contributed by atoms with E-state index in [1.165, 1.54) is 35.3 Å². The predicted molar refractivity (Wildman–Crippen MR) is 156 cm³/mol. The van der Waals surface area contributed by atoms with E-state index in [0.717, 1.165) is 51.9 Å². The van der Waals surface area contributed by atoms with E-state index >= 15 is 0 Å². The number of likely N-dealkylation sites (tertiary alicyclic amines) is 1. The third-order valence-electron chi connectivity index (χ3n) is 8.98. The van der Waals surface area contributed by atoms with Crippen molar-refractivity contribution in [1.82, 2.24) is 15.1 Å². The summed E-state index contributed by atoms with van der Waals surface area (Å²) in [5.41, 5.74) is 8.49. The van der Waals surface area contributed by atoms with Crippen LogP contribution < -0.4 is 11.1 Å². The van der Waals surface area contributed by atoms with Crippen molar-refractivity contribution in [3.05, 3.63) is 57.8 Å². The quantitative estimate of drug-likeness (QED) is 0.461. The maximum atomic E-state index is 13.7. The Morgan fingerprint density at radius 3 is 2.69 bits per heavy atom. The van der Waals surface area contributed by atoms with Crippen LogP contribution >= 0.6 is 11.3 Å². The van der Waals surface area contributed by atoms with Gasteiger partial charge in [0.05, 0.1) is 11.0 Å². The van der Waals surface area contributed by atoms with Crippen molar-refractivity contribution >= 4 is 23.2 Å². The van der Waals surface area contributed by atoms with Crippen LogP contribution in [0.25, 0.3) is 0 Å². The lowest BCUT2D eigenvalue weighted by molar-refractivity contribution is -0.125. The molecule has 5 rings (SSSR count). The largest absolute Gasteiger partial charge is 0.377 e. The van der Waals surface area contributed by atoms with Crippen LogP contribution in [0.3, 0.4) is 0 Å². The first-order chi connectivity index (χ1) is 19.0. The molecule has 1 aliphatic carbocycles. The number of rotatable bonds is 10. The molecular weight excluding hydrogens is 508 g/mol. The van der Waals surface area contributed by atoms with E-state index in [2.05, 4.69) is 41.4 Å². The SMILES string of the molecule is Cc1ccccc1CN(CC1CCCO1)C1CC(C(=O)NCC2CCCC(CN)C2)N(C(=O)c2cccs2)C1. The van der Waals surface area contributed by atoms with E-state index in [1.807, 2.05) is 22.4 Å². The molecule has 0 radical (unpaired) electrons. The third-order valence-corrected chi connectivity index (χ3v) is 9.84. The van der Waals surface area contributed by atoms with Gasteiger partial charge in [-0.1, -0.05) is 36.8 Å². The van der Waals surface area contributed by atoms with Crippen molar-refractivity contribution in [3.63, 3.8) is 0 Å². The molecule has 3 heterocycles. The molecule has 0 bridgehead atoms. The van der Waals surface area contributed by atoms with Crippen molar-refractivity contribution < 1.29 is 14.3 Å². The molecule has 1 saturated carbocycles. The van der Waals surface area contributed by atoms with E-state index in [1.54, 1.807) is 0 Å². The summed E-state index contributed by atoms with van der Waals surface area (Å²) in [6, 6.07) is 11.9. The molecule has 0 spiro atoms. The van der Waals surface area contributed by atoms with Crippen LogP contribution in [-0.2, 0) is 16.1 Å². The number of thiophene rings is 1. The maximum Gasteiger partial charge on any atom is 0.264 e. The molecule has 39 heavy (non-hydrogen) atoms. The Morgan fingerprint density at radius 1 is 1.10 bits per heavy atom. The number of aryl methyl sites for hydroxylation is 1. The van der Waals surface area contributed by atoms with Crippen LogP contribution in [0, 0.1) is 18.8 Å². The highest BCUT2D eigenvalue weighted by Gasteiger charge is 2.43. The van der Waals surface area contributed by atoms with Crippen molar-refractivity contribution in [2.24, 2.45) is 17.6 Å². The number of nitrogens with two attached hydrogens (primary N) is 1. The lowest BCUT2D eigenvalue weighted by atomic mass is 9.81. The molecule has 3 aliphatic rings. The number of nitrogens with zero attached hydrogens (tertiary/aromatic N) is 2. The van der Waals surface area contributed by atoms with Gasteiger partial charge in [0.2, 0.25) is 5.91 Å². The molecule has 2 amide bonds. The average molecular weight is 553 g/mol. The van der Waals surface area contributed by atoms with Crippen LogP contribution in [0.2, 0.25) is 0 Å². The van der Waals surface area contributed by atoms with Crippen LogP contribution in [0.5, 0.6) is 0 Å². The second-order valence-electron chi connectivity index (χ2n) is 11.7. The first kappa shape index (κ1) is 28.3. The molecule has 212 valence electrons. The summed E-state index contributed by atoms with van der Waals surface area (Å²) in [7, 11) is 0. The summed E-state index contributed by atoms with van der Waals surface area (Å²) in [4.78, 5) is 32.3. The normalized spacial score (nSPS) is 27.3. The average Bonchev–Trinajstić information content (AvgIpc) is 3.75. The summed E-state index contributed by atoms with van der Waals surface area (Å²) in [6.45, 7) is 6.50. The minimum atomic E-state index is -0.470. The molecule has 5 unspecified atom stereocenters. The summed E-state index contributed by atoms with van der Waals surface area (Å²) < 4.78 is 6.03. The van der Waals surface area contributed by atoms with Gasteiger partial charge >= 0.3 is 0 Å². The second-order valence-corrected chi connectivity index (χ2v) is 12.7. The highest BCUT2D eigenvalue weighted by molar-refractivity contribution is 7.12. The number of carbonyl (C=O) groups excluding carboxylic acids is 2. The molecule has 5 atom stereocenters. The minimum Gasteiger partial charge on any atom is -0.377 e. The number of benzene rings is 1. The van der Waals surface area contributed by atoms with E-state index in [-0.39, 0.29) is 24.0 Å². The minimum absolute atomic E-state index is 0.0229. The predicted octanol–water partition coefficient (Wildman–Crippen LogP) is 4.20. The summed E-state index contributed by atoms with van der Waals surface area (Å²) in [5, 5.41) is 5.17. The Bertz CT molecular complexity index is 1090. The maximum absolute atomic E-state index is 13.7. The standard InChI is InChI=1S/C31H44N4O3S/c1-22-7-2-3-10-25(22)19-34(21-27-11-5-13-38-27)26-16-28(35(20-26)31(37)29-12-6-14-39-29)30(36)33-18-24-9-4-8-23(15-24)17-32/h2-3,6-7,10,12,14,23-24,26-28H,4-5,8-9,11,13,15-21,32H2,1H3,(H,33,36). The molecule has 8 heteroatoms. The number of carbonyl (C=O) groups is 2. The van der Waals surface area contributed by atoms with Gasteiger partial charge in [-0.3, -0.25) is 14.5 Å². The van der Waals surface area contributed by atoms with Crippen molar-refractivity contribution in [2.75, 3.05) is 32.8 Å². The molecule has 3 fully saturated rings. The van der Waals surface area contributed by atoms with Gasteiger partial charge in [-0.15, -0.1) is 11.3 Å². The number of ether oxygens (including phenoxy) is 1. The zero-order valence-electron chi connectivity index (χ0n) is 23.2. The lowest BCUT2D eigenvalue weighted by Gasteiger charge is -2.31. The molecule has 2 aromatic rings. The Morgan fingerprint density at radius 2 is 1.95 bits per heavy atom. The van der Waals surface area contributed by atoms with Gasteiger partial charge in [-0.2, -0.15) is 0 Å². The smallest absolute Gasteiger partial charge is 0.264 e. The fourth-order valence-electron chi connectivity index (χ4n) is 6.66. The van der Waals surface area contributed by atoms with Crippen molar-refractivity contribution in [2.45, 2.75) is 76.6 Å². The van der Waals surface area contributed by atoms with E-state index in [0.29, 0.717) is 36.2 Å². The fourth-order valence-corrected chi connectivity index (χ4v) is 7.34. The van der Waals surface area contributed by atoms with Crippen molar-refractivity contribution in [1.29, 1.82) is 0 Å². The number of amides is 2. The molecule has 2 saturated heterocycles. The van der Waals surface area contributed by atoms with Gasteiger partial charge in [0.1, 0.15) is 6.04 Å². The summed E-state index contributed by atoms with van der Waals surface area (Å²) >= 11 is 1.44. The van der Waals surface area contributed by atoms with E-state index < -0.39 is 6.04 Å². The van der Waals surface area contributed by atoms with E-state index in [4.69, 9.17) is 10.5 Å². The van der Waals surface area contributed by atoms with Gasteiger partial charge in [0.25, 0.3) is 5.91 Å². The van der Waals surface area contributed by atoms with E-state index in [9.17, 15) is 9.59 Å². The Kier molecular flexibility index (Phi) is 9.71. The highest BCUT2D eigenvalue weighted by Crippen LogP contribution is 2.30. The summed E-state index contributed by atoms with van der Waals surface area (Å²) in [5.74, 6) is 0.958. The number of hydrogen-bond donors (Lipinski definition) is 2. The zero-order chi connectivity index (χ0) is 27.2. The van der Waals surface area contributed by atoms with Crippen LogP contribution in [0.4, 0.5) is 0 Å². The fraction of sp³-hybridized carbons (Fsp3) is 0.613. The molecule has 1 aromatic carbocycles. The Labute approximate surface area is 237 Å². The molecule has 7 nitrogen and oxygen atoms in total. The highest BCUT2D eigenvalue weighted by atomic mass is 32.1. The number of hydrogen-bond acceptors (Lipinski definition) is 6. The van der Waals surface area contributed by atoms with Crippen LogP contribution in [0.15, 0.2) is 41.8 Å². The molecule has 3 N–H and O–H groups in total. The van der Waals surface area contributed by atoms with Crippen LogP contribution in [0.1, 0.15) is 65.7 Å². The third kappa shape index (κ3) is 7.09. The van der Waals surface area contributed by atoms with Gasteiger partial charge < -0.3 is 20.7 Å². The first-order valence-electron chi connectivity index (χ1n) is 14.7. The Hall–Kier alpha value is -2.26.